The highest BCUT2D eigenvalue weighted by Crippen LogP contribution is 2.29. The van der Waals surface area contributed by atoms with Gasteiger partial charge in [0, 0.05) is 17.5 Å². The third-order valence-corrected chi connectivity index (χ3v) is 5.82. The van der Waals surface area contributed by atoms with Crippen molar-refractivity contribution < 1.29 is 18.3 Å². The lowest BCUT2D eigenvalue weighted by Gasteiger charge is -2.23. The first-order valence-electron chi connectivity index (χ1n) is 10.0. The molecule has 0 fully saturated rings. The number of hydrogen-bond acceptors (Lipinski definition) is 6. The van der Waals surface area contributed by atoms with Gasteiger partial charge in [0.15, 0.2) is 0 Å². The molecule has 1 atom stereocenters. The SMILES string of the molecule is CC(O)(CC(=O)Nc1ccc(-c2ccccc2S(N)(=O)=O)cc1)c1cccc(C=N)c1.CN. The van der Waals surface area contributed by atoms with Crippen LogP contribution >= 0.6 is 0 Å². The monoisotopic (exact) mass is 468 g/mol. The molecular weight excluding hydrogens is 440 g/mol. The molecule has 0 spiro atoms. The van der Waals surface area contributed by atoms with Gasteiger partial charge in [-0.1, -0.05) is 48.5 Å². The maximum Gasteiger partial charge on any atom is 0.238 e. The van der Waals surface area contributed by atoms with E-state index in [2.05, 4.69) is 11.1 Å². The molecule has 33 heavy (non-hydrogen) atoms. The molecule has 0 bridgehead atoms. The van der Waals surface area contributed by atoms with E-state index >= 15 is 0 Å². The first-order chi connectivity index (χ1) is 15.6. The van der Waals surface area contributed by atoms with Gasteiger partial charge in [-0.15, -0.1) is 0 Å². The van der Waals surface area contributed by atoms with Crippen LogP contribution in [0.3, 0.4) is 0 Å². The summed E-state index contributed by atoms with van der Waals surface area (Å²) < 4.78 is 23.6. The summed E-state index contributed by atoms with van der Waals surface area (Å²) in [5.74, 6) is -0.386. The highest BCUT2D eigenvalue weighted by molar-refractivity contribution is 7.89. The van der Waals surface area contributed by atoms with Crippen molar-refractivity contribution >= 4 is 27.8 Å². The van der Waals surface area contributed by atoms with E-state index in [0.717, 1.165) is 0 Å². The molecule has 1 unspecified atom stereocenters. The number of nitrogens with one attached hydrogen (secondary N) is 2. The molecule has 1 amide bonds. The number of carbonyl (C=O) groups excluding carboxylic acids is 1. The quantitative estimate of drug-likeness (QED) is 0.337. The van der Waals surface area contributed by atoms with Gasteiger partial charge in [0.05, 0.1) is 16.9 Å². The van der Waals surface area contributed by atoms with Gasteiger partial charge in [0.1, 0.15) is 0 Å². The molecule has 174 valence electrons. The Morgan fingerprint density at radius 3 is 2.30 bits per heavy atom. The standard InChI is InChI=1S/C23H23N3O4S.CH5N/c1-23(28,18-6-4-5-16(13-18)15-24)14-22(27)26-19-11-9-17(10-12-19)20-7-2-3-8-21(20)31(25,29)30;1-2/h2-13,15,24,28H,14H2,1H3,(H,26,27)(H2,25,29,30);2H2,1H3. The van der Waals surface area contributed by atoms with Crippen LogP contribution < -0.4 is 16.2 Å². The number of hydrogen-bond donors (Lipinski definition) is 5. The summed E-state index contributed by atoms with van der Waals surface area (Å²) in [7, 11) is -2.37. The van der Waals surface area contributed by atoms with Crippen molar-refractivity contribution in [2.45, 2.75) is 23.8 Å². The zero-order chi connectivity index (χ0) is 24.6. The van der Waals surface area contributed by atoms with Gasteiger partial charge in [-0.05, 0) is 54.9 Å². The Hall–Kier alpha value is -3.37. The molecular formula is C24H28N4O4S. The topological polar surface area (TPSA) is 159 Å². The summed E-state index contributed by atoms with van der Waals surface area (Å²) in [4.78, 5) is 12.5. The van der Waals surface area contributed by atoms with Gasteiger partial charge >= 0.3 is 0 Å². The number of nitrogens with two attached hydrogens (primary N) is 2. The molecule has 0 saturated carbocycles. The molecule has 0 radical (unpaired) electrons. The average Bonchev–Trinajstić information content (AvgIpc) is 2.80. The van der Waals surface area contributed by atoms with Crippen LogP contribution in [0.4, 0.5) is 5.69 Å². The molecule has 0 aliphatic carbocycles. The van der Waals surface area contributed by atoms with Crippen molar-refractivity contribution in [2.24, 2.45) is 10.9 Å². The molecule has 3 rings (SSSR count). The summed E-state index contributed by atoms with van der Waals surface area (Å²) in [6, 6.07) is 19.9. The predicted octanol–water partition coefficient (Wildman–Crippen LogP) is 2.81. The molecule has 7 N–H and O–H groups in total. The van der Waals surface area contributed by atoms with Crippen LogP contribution in [-0.4, -0.2) is 32.7 Å². The molecule has 3 aromatic carbocycles. The van der Waals surface area contributed by atoms with E-state index in [-0.39, 0.29) is 17.2 Å². The third-order valence-electron chi connectivity index (χ3n) is 4.85. The number of aliphatic hydroxyl groups is 1. The second-order valence-electron chi connectivity index (χ2n) is 7.39. The third kappa shape index (κ3) is 6.80. The number of benzene rings is 3. The van der Waals surface area contributed by atoms with Crippen molar-refractivity contribution in [1.29, 1.82) is 5.41 Å². The first kappa shape index (κ1) is 25.9. The van der Waals surface area contributed by atoms with Crippen LogP contribution in [0.1, 0.15) is 24.5 Å². The number of carbonyl (C=O) groups is 1. The molecule has 0 heterocycles. The highest BCUT2D eigenvalue weighted by Gasteiger charge is 2.27. The van der Waals surface area contributed by atoms with E-state index in [1.165, 1.54) is 19.3 Å². The fourth-order valence-corrected chi connectivity index (χ4v) is 4.03. The Morgan fingerprint density at radius 2 is 1.70 bits per heavy atom. The van der Waals surface area contributed by atoms with Gasteiger partial charge in [-0.2, -0.15) is 0 Å². The van der Waals surface area contributed by atoms with E-state index < -0.39 is 15.6 Å². The minimum absolute atomic E-state index is 0.0231. The van der Waals surface area contributed by atoms with E-state index in [1.54, 1.807) is 73.7 Å². The first-order valence-corrected chi connectivity index (χ1v) is 11.6. The zero-order valence-electron chi connectivity index (χ0n) is 18.4. The molecule has 9 heteroatoms. The van der Waals surface area contributed by atoms with Crippen molar-refractivity contribution in [3.63, 3.8) is 0 Å². The van der Waals surface area contributed by atoms with Gasteiger partial charge < -0.3 is 21.6 Å². The Bertz CT molecular complexity index is 1220. The summed E-state index contributed by atoms with van der Waals surface area (Å²) >= 11 is 0. The second-order valence-corrected chi connectivity index (χ2v) is 8.92. The van der Waals surface area contributed by atoms with Gasteiger partial charge in [0.25, 0.3) is 0 Å². The Labute approximate surface area is 193 Å². The number of sulfonamides is 1. The lowest BCUT2D eigenvalue weighted by molar-refractivity contribution is -0.120. The lowest BCUT2D eigenvalue weighted by atomic mass is 9.91. The summed E-state index contributed by atoms with van der Waals surface area (Å²) in [5.41, 5.74) is 5.88. The van der Waals surface area contributed by atoms with Crippen LogP contribution in [-0.2, 0) is 20.4 Å². The normalized spacial score (nSPS) is 12.6. The molecule has 0 saturated heterocycles. The maximum atomic E-state index is 12.5. The molecule has 0 aliphatic heterocycles. The smallest absolute Gasteiger partial charge is 0.238 e. The molecule has 0 aromatic heterocycles. The van der Waals surface area contributed by atoms with Gasteiger partial charge in [0.2, 0.25) is 15.9 Å². The zero-order valence-corrected chi connectivity index (χ0v) is 19.3. The fourth-order valence-electron chi connectivity index (χ4n) is 3.27. The van der Waals surface area contributed by atoms with Crippen molar-refractivity contribution in [3.8, 4) is 11.1 Å². The van der Waals surface area contributed by atoms with Crippen molar-refractivity contribution in [3.05, 3.63) is 83.9 Å². The van der Waals surface area contributed by atoms with Crippen molar-refractivity contribution in [2.75, 3.05) is 12.4 Å². The van der Waals surface area contributed by atoms with E-state index in [9.17, 15) is 18.3 Å². The predicted molar refractivity (Wildman–Crippen MR) is 131 cm³/mol. The van der Waals surface area contributed by atoms with E-state index in [4.69, 9.17) is 10.5 Å². The number of anilines is 1. The van der Waals surface area contributed by atoms with Crippen LogP contribution in [0.2, 0.25) is 0 Å². The minimum atomic E-state index is -3.87. The van der Waals surface area contributed by atoms with Crippen LogP contribution in [0, 0.1) is 5.41 Å². The number of primary sulfonamides is 1. The fraction of sp³-hybridized carbons (Fsp3) is 0.167. The van der Waals surface area contributed by atoms with E-state index in [1.807, 2.05) is 0 Å². The average molecular weight is 469 g/mol. The van der Waals surface area contributed by atoms with Crippen LogP contribution in [0.25, 0.3) is 11.1 Å². The number of rotatable bonds is 7. The summed E-state index contributed by atoms with van der Waals surface area (Å²) in [6.45, 7) is 1.54. The Morgan fingerprint density at radius 1 is 1.06 bits per heavy atom. The Kier molecular flexibility index (Phi) is 8.61. The highest BCUT2D eigenvalue weighted by atomic mass is 32.2. The van der Waals surface area contributed by atoms with Crippen molar-refractivity contribution in [1.82, 2.24) is 0 Å². The Balaban J connectivity index is 0.00000187. The van der Waals surface area contributed by atoms with Crippen LogP contribution in [0.5, 0.6) is 0 Å². The minimum Gasteiger partial charge on any atom is -0.385 e. The van der Waals surface area contributed by atoms with Gasteiger partial charge in [-0.25, -0.2) is 13.6 Å². The lowest BCUT2D eigenvalue weighted by Crippen LogP contribution is -2.28. The van der Waals surface area contributed by atoms with Crippen LogP contribution in [0.15, 0.2) is 77.7 Å². The molecule has 8 nitrogen and oxygen atoms in total. The summed E-state index contributed by atoms with van der Waals surface area (Å²) in [5, 5.41) is 26.1. The largest absolute Gasteiger partial charge is 0.385 e. The van der Waals surface area contributed by atoms with E-state index in [0.29, 0.717) is 27.9 Å². The maximum absolute atomic E-state index is 12.5. The second kappa shape index (κ2) is 11.0. The number of amides is 1. The summed E-state index contributed by atoms with van der Waals surface area (Å²) in [6.07, 6.45) is 1.000. The molecule has 0 aliphatic rings. The van der Waals surface area contributed by atoms with Gasteiger partial charge in [-0.3, -0.25) is 4.79 Å². The molecule has 3 aromatic rings.